The zero-order valence-electron chi connectivity index (χ0n) is 9.94. The van der Waals surface area contributed by atoms with Gasteiger partial charge in [0.15, 0.2) is 5.54 Å². The average molecular weight is 327 g/mol. The molecule has 0 spiro atoms. The highest BCUT2D eigenvalue weighted by Gasteiger charge is 2.50. The van der Waals surface area contributed by atoms with E-state index in [1.807, 2.05) is 11.4 Å². The minimum Gasteiger partial charge on any atom is -0.315 e. The molecule has 1 aliphatic heterocycles. The third-order valence-corrected chi connectivity index (χ3v) is 4.48. The van der Waals surface area contributed by atoms with Crippen LogP contribution in [0, 0.1) is 0 Å². The maximum atomic E-state index is 12.4. The molecule has 3 amide bonds. The molecule has 7 heteroatoms. The minimum absolute atomic E-state index is 0.400. The first-order chi connectivity index (χ1) is 9.52. The van der Waals surface area contributed by atoms with Crippen molar-refractivity contribution in [3.05, 3.63) is 56.2 Å². The SMILES string of the molecule is O=C1NC(=O)C(c2cc(Cl)cc(Cl)c2)(c2cccs2)N1. The fourth-order valence-corrected chi connectivity index (χ4v) is 3.66. The summed E-state index contributed by atoms with van der Waals surface area (Å²) in [5.74, 6) is -0.441. The highest BCUT2D eigenvalue weighted by atomic mass is 35.5. The number of carbonyl (C=O) groups excluding carboxylic acids is 2. The van der Waals surface area contributed by atoms with E-state index in [0.717, 1.165) is 0 Å². The Labute approximate surface area is 128 Å². The zero-order chi connectivity index (χ0) is 14.3. The summed E-state index contributed by atoms with van der Waals surface area (Å²) in [6, 6.07) is 7.87. The van der Waals surface area contributed by atoms with Crippen molar-refractivity contribution < 1.29 is 9.59 Å². The second kappa shape index (κ2) is 4.77. The molecule has 2 heterocycles. The van der Waals surface area contributed by atoms with Gasteiger partial charge in [0.25, 0.3) is 5.91 Å². The fourth-order valence-electron chi connectivity index (χ4n) is 2.24. The average Bonchev–Trinajstić information content (AvgIpc) is 2.96. The van der Waals surface area contributed by atoms with Crippen molar-refractivity contribution in [2.75, 3.05) is 0 Å². The van der Waals surface area contributed by atoms with Crippen LogP contribution in [-0.2, 0) is 10.3 Å². The van der Waals surface area contributed by atoms with E-state index in [0.29, 0.717) is 20.5 Å². The smallest absolute Gasteiger partial charge is 0.315 e. The molecule has 1 saturated heterocycles. The summed E-state index contributed by atoms with van der Waals surface area (Å²) in [7, 11) is 0. The molecular formula is C13H8Cl2N2O2S. The number of hydrogen-bond donors (Lipinski definition) is 2. The maximum absolute atomic E-state index is 12.4. The summed E-state index contributed by atoms with van der Waals surface area (Å²) in [4.78, 5) is 24.7. The van der Waals surface area contributed by atoms with Gasteiger partial charge in [0, 0.05) is 14.9 Å². The van der Waals surface area contributed by atoms with Crippen molar-refractivity contribution in [2.45, 2.75) is 5.54 Å². The first-order valence-electron chi connectivity index (χ1n) is 5.66. The lowest BCUT2D eigenvalue weighted by Gasteiger charge is -2.25. The van der Waals surface area contributed by atoms with Gasteiger partial charge in [-0.2, -0.15) is 0 Å². The summed E-state index contributed by atoms with van der Waals surface area (Å²) >= 11 is 13.4. The molecule has 0 saturated carbocycles. The number of benzene rings is 1. The topological polar surface area (TPSA) is 58.2 Å². The van der Waals surface area contributed by atoms with Crippen LogP contribution in [0.3, 0.4) is 0 Å². The molecule has 1 unspecified atom stereocenters. The van der Waals surface area contributed by atoms with Crippen molar-refractivity contribution in [3.63, 3.8) is 0 Å². The summed E-state index contributed by atoms with van der Waals surface area (Å²) in [6.45, 7) is 0. The van der Waals surface area contributed by atoms with Crippen LogP contribution in [-0.4, -0.2) is 11.9 Å². The molecule has 0 aliphatic carbocycles. The van der Waals surface area contributed by atoms with E-state index < -0.39 is 17.5 Å². The third-order valence-electron chi connectivity index (χ3n) is 3.06. The minimum atomic E-state index is -1.28. The van der Waals surface area contributed by atoms with Crippen LogP contribution in [0.1, 0.15) is 10.4 Å². The van der Waals surface area contributed by atoms with Crippen molar-refractivity contribution in [1.29, 1.82) is 0 Å². The Morgan fingerprint density at radius 2 is 1.80 bits per heavy atom. The van der Waals surface area contributed by atoms with E-state index in [2.05, 4.69) is 10.6 Å². The van der Waals surface area contributed by atoms with E-state index in [1.165, 1.54) is 11.3 Å². The summed E-state index contributed by atoms with van der Waals surface area (Å²) < 4.78 is 0. The van der Waals surface area contributed by atoms with E-state index in [-0.39, 0.29) is 0 Å². The quantitative estimate of drug-likeness (QED) is 0.833. The first kappa shape index (κ1) is 13.4. The summed E-state index contributed by atoms with van der Waals surface area (Å²) in [5.41, 5.74) is -0.749. The second-order valence-corrected chi connectivity index (χ2v) is 6.11. The number of nitrogens with one attached hydrogen (secondary N) is 2. The second-order valence-electron chi connectivity index (χ2n) is 4.29. The molecule has 1 fully saturated rings. The number of hydrogen-bond acceptors (Lipinski definition) is 3. The van der Waals surface area contributed by atoms with Crippen LogP contribution in [0.25, 0.3) is 0 Å². The number of urea groups is 1. The number of rotatable bonds is 2. The molecule has 0 radical (unpaired) electrons. The maximum Gasteiger partial charge on any atom is 0.322 e. The van der Waals surface area contributed by atoms with E-state index in [4.69, 9.17) is 23.2 Å². The molecule has 3 rings (SSSR count). The van der Waals surface area contributed by atoms with E-state index in [1.54, 1.807) is 24.3 Å². The molecule has 1 aromatic heterocycles. The van der Waals surface area contributed by atoms with Crippen molar-refractivity contribution >= 4 is 46.5 Å². The standard InChI is InChI=1S/C13H8Cl2N2O2S/c14-8-4-7(5-9(15)6-8)13(10-2-1-3-20-10)11(18)16-12(19)17-13/h1-6H,(H2,16,17,18,19). The molecule has 2 N–H and O–H groups in total. The fraction of sp³-hybridized carbons (Fsp3) is 0.0769. The predicted molar refractivity (Wildman–Crippen MR) is 78.2 cm³/mol. The molecule has 2 aromatic rings. The van der Waals surface area contributed by atoms with Crippen molar-refractivity contribution in [2.24, 2.45) is 0 Å². The number of thiophene rings is 1. The van der Waals surface area contributed by atoms with Gasteiger partial charge in [0.1, 0.15) is 0 Å². The Morgan fingerprint density at radius 1 is 1.10 bits per heavy atom. The predicted octanol–water partition coefficient (Wildman–Crippen LogP) is 3.14. The Morgan fingerprint density at radius 3 is 2.30 bits per heavy atom. The molecule has 0 bridgehead atoms. The Balaban J connectivity index is 2.26. The number of carbonyl (C=O) groups is 2. The van der Waals surface area contributed by atoms with Crippen LogP contribution in [0.15, 0.2) is 35.7 Å². The van der Waals surface area contributed by atoms with Crippen molar-refractivity contribution in [1.82, 2.24) is 10.6 Å². The summed E-state index contributed by atoms with van der Waals surface area (Å²) in [5, 5.41) is 7.58. The molecule has 1 aliphatic rings. The van der Waals surface area contributed by atoms with Gasteiger partial charge in [-0.3, -0.25) is 10.1 Å². The lowest BCUT2D eigenvalue weighted by molar-refractivity contribution is -0.122. The van der Waals surface area contributed by atoms with Crippen molar-refractivity contribution in [3.8, 4) is 0 Å². The highest BCUT2D eigenvalue weighted by Crippen LogP contribution is 2.37. The molecule has 102 valence electrons. The van der Waals surface area contributed by atoms with Crippen LogP contribution < -0.4 is 10.6 Å². The van der Waals surface area contributed by atoms with Crippen LogP contribution >= 0.6 is 34.5 Å². The van der Waals surface area contributed by atoms with Crippen LogP contribution in [0.5, 0.6) is 0 Å². The lowest BCUT2D eigenvalue weighted by Crippen LogP contribution is -2.44. The molecule has 20 heavy (non-hydrogen) atoms. The van der Waals surface area contributed by atoms with Gasteiger partial charge in [-0.1, -0.05) is 29.3 Å². The third kappa shape index (κ3) is 1.98. The zero-order valence-corrected chi connectivity index (χ0v) is 12.3. The normalized spacial score (nSPS) is 21.7. The van der Waals surface area contributed by atoms with Crippen LogP contribution in [0.2, 0.25) is 10.0 Å². The van der Waals surface area contributed by atoms with Gasteiger partial charge >= 0.3 is 6.03 Å². The van der Waals surface area contributed by atoms with Gasteiger partial charge < -0.3 is 5.32 Å². The van der Waals surface area contributed by atoms with Gasteiger partial charge in [0.05, 0.1) is 0 Å². The monoisotopic (exact) mass is 326 g/mol. The Kier molecular flexibility index (Phi) is 3.20. The van der Waals surface area contributed by atoms with Gasteiger partial charge in [-0.25, -0.2) is 4.79 Å². The number of imide groups is 1. The molecule has 1 aromatic carbocycles. The molecule has 1 atom stereocenters. The van der Waals surface area contributed by atoms with Gasteiger partial charge in [-0.05, 0) is 35.2 Å². The molecule has 4 nitrogen and oxygen atoms in total. The Hall–Kier alpha value is -1.56. The van der Waals surface area contributed by atoms with E-state index >= 15 is 0 Å². The Bertz CT molecular complexity index is 682. The van der Waals surface area contributed by atoms with Gasteiger partial charge in [-0.15, -0.1) is 11.3 Å². The highest BCUT2D eigenvalue weighted by molar-refractivity contribution is 7.10. The summed E-state index contributed by atoms with van der Waals surface area (Å²) in [6.07, 6.45) is 0. The molecular weight excluding hydrogens is 319 g/mol. The largest absolute Gasteiger partial charge is 0.322 e. The first-order valence-corrected chi connectivity index (χ1v) is 7.30. The van der Waals surface area contributed by atoms with E-state index in [9.17, 15) is 9.59 Å². The van der Waals surface area contributed by atoms with Crippen LogP contribution in [0.4, 0.5) is 4.79 Å². The van der Waals surface area contributed by atoms with Gasteiger partial charge in [0.2, 0.25) is 0 Å². The lowest BCUT2D eigenvalue weighted by atomic mass is 9.88. The number of halogens is 2. The number of amides is 3.